The number of halogens is 1. The Morgan fingerprint density at radius 2 is 2.08 bits per heavy atom. The van der Waals surface area contributed by atoms with Crippen molar-refractivity contribution in [3.63, 3.8) is 0 Å². The SMILES string of the molecule is C[Si](C)(C)C1(CCOc2ccn(-c3ccc(C(=O)O)c(Cl)n3)n2)CC1. The van der Waals surface area contributed by atoms with Gasteiger partial charge in [-0.15, -0.1) is 5.10 Å². The third-order valence-corrected chi connectivity index (χ3v) is 9.36. The summed E-state index contributed by atoms with van der Waals surface area (Å²) in [5.74, 6) is -0.123. The van der Waals surface area contributed by atoms with Crippen LogP contribution in [0.3, 0.4) is 0 Å². The molecule has 0 spiro atoms. The maximum atomic E-state index is 11.0. The molecule has 8 heteroatoms. The molecule has 2 heterocycles. The first-order valence-electron chi connectivity index (χ1n) is 8.31. The lowest BCUT2D eigenvalue weighted by molar-refractivity contribution is 0.0696. The summed E-state index contributed by atoms with van der Waals surface area (Å²) in [5.41, 5.74) is -0.0323. The molecule has 0 radical (unpaired) electrons. The summed E-state index contributed by atoms with van der Waals surface area (Å²) in [6.07, 6.45) is 5.44. The van der Waals surface area contributed by atoms with Crippen LogP contribution in [0.15, 0.2) is 24.4 Å². The highest BCUT2D eigenvalue weighted by Gasteiger charge is 2.52. The average molecular weight is 380 g/mol. The molecule has 0 bridgehead atoms. The summed E-state index contributed by atoms with van der Waals surface area (Å²) in [6.45, 7) is 7.92. The topological polar surface area (TPSA) is 77.2 Å². The fraction of sp³-hybridized carbons (Fsp3) is 0.471. The largest absolute Gasteiger partial charge is 0.478 e. The number of carboxylic acid groups (broad SMARTS) is 1. The smallest absolute Gasteiger partial charge is 0.338 e. The van der Waals surface area contributed by atoms with E-state index in [0.29, 0.717) is 23.3 Å². The third-order valence-electron chi connectivity index (χ3n) is 5.14. The number of rotatable bonds is 7. The van der Waals surface area contributed by atoms with Crippen LogP contribution in [0.4, 0.5) is 0 Å². The molecule has 0 aromatic carbocycles. The van der Waals surface area contributed by atoms with Crippen molar-refractivity contribution in [2.75, 3.05) is 6.61 Å². The zero-order valence-electron chi connectivity index (χ0n) is 14.6. The Kier molecular flexibility index (Phi) is 4.63. The Bertz CT molecular complexity index is 797. The number of carboxylic acids is 1. The van der Waals surface area contributed by atoms with E-state index in [2.05, 4.69) is 29.7 Å². The summed E-state index contributed by atoms with van der Waals surface area (Å²) < 4.78 is 7.33. The molecule has 1 saturated carbocycles. The lowest BCUT2D eigenvalue weighted by Crippen LogP contribution is -2.30. The highest BCUT2D eigenvalue weighted by atomic mass is 35.5. The zero-order chi connectivity index (χ0) is 18.2. The number of pyridine rings is 1. The number of aromatic nitrogens is 3. The van der Waals surface area contributed by atoms with Crippen molar-refractivity contribution in [2.24, 2.45) is 0 Å². The first-order valence-corrected chi connectivity index (χ1v) is 12.2. The van der Waals surface area contributed by atoms with Gasteiger partial charge in [0.1, 0.15) is 5.15 Å². The number of carbonyl (C=O) groups is 1. The van der Waals surface area contributed by atoms with Crippen molar-refractivity contribution in [1.29, 1.82) is 0 Å². The summed E-state index contributed by atoms with van der Waals surface area (Å²) in [4.78, 5) is 15.1. The van der Waals surface area contributed by atoms with Crippen molar-refractivity contribution >= 4 is 25.6 Å². The molecule has 0 atom stereocenters. The van der Waals surface area contributed by atoms with Crippen molar-refractivity contribution < 1.29 is 14.6 Å². The van der Waals surface area contributed by atoms with Gasteiger partial charge in [-0.25, -0.2) is 14.5 Å². The normalized spacial score (nSPS) is 15.8. The number of aromatic carboxylic acids is 1. The summed E-state index contributed by atoms with van der Waals surface area (Å²) >= 11 is 5.90. The van der Waals surface area contributed by atoms with Gasteiger partial charge in [-0.05, 0) is 36.4 Å². The van der Waals surface area contributed by atoms with E-state index in [1.54, 1.807) is 18.3 Å². The maximum Gasteiger partial charge on any atom is 0.338 e. The molecule has 0 amide bonds. The van der Waals surface area contributed by atoms with E-state index in [1.807, 2.05) is 0 Å². The van der Waals surface area contributed by atoms with Crippen molar-refractivity contribution in [3.8, 4) is 11.7 Å². The molecule has 1 N–H and O–H groups in total. The van der Waals surface area contributed by atoms with E-state index in [1.165, 1.54) is 23.6 Å². The molecule has 6 nitrogen and oxygen atoms in total. The van der Waals surface area contributed by atoms with Gasteiger partial charge in [0, 0.05) is 12.3 Å². The molecule has 3 rings (SSSR count). The second-order valence-electron chi connectivity index (χ2n) is 7.54. The highest BCUT2D eigenvalue weighted by Crippen LogP contribution is 2.63. The van der Waals surface area contributed by atoms with Gasteiger partial charge in [0.05, 0.1) is 20.2 Å². The van der Waals surface area contributed by atoms with Crippen LogP contribution in [0.5, 0.6) is 5.88 Å². The fourth-order valence-corrected chi connectivity index (χ4v) is 5.81. The van der Waals surface area contributed by atoms with Gasteiger partial charge in [0.15, 0.2) is 5.82 Å². The molecular weight excluding hydrogens is 358 g/mol. The molecule has 25 heavy (non-hydrogen) atoms. The van der Waals surface area contributed by atoms with Gasteiger partial charge >= 0.3 is 5.97 Å². The zero-order valence-corrected chi connectivity index (χ0v) is 16.4. The van der Waals surface area contributed by atoms with Gasteiger partial charge in [0.25, 0.3) is 0 Å². The van der Waals surface area contributed by atoms with E-state index in [9.17, 15) is 4.79 Å². The Morgan fingerprint density at radius 3 is 2.64 bits per heavy atom. The highest BCUT2D eigenvalue weighted by molar-refractivity contribution is 6.80. The first kappa shape index (κ1) is 17.9. The van der Waals surface area contributed by atoms with Crippen LogP contribution < -0.4 is 4.74 Å². The molecule has 134 valence electrons. The number of hydrogen-bond donors (Lipinski definition) is 1. The van der Waals surface area contributed by atoms with Crippen LogP contribution in [0.1, 0.15) is 29.6 Å². The predicted molar refractivity (Wildman–Crippen MR) is 98.7 cm³/mol. The van der Waals surface area contributed by atoms with E-state index < -0.39 is 14.0 Å². The molecule has 0 saturated heterocycles. The lowest BCUT2D eigenvalue weighted by atomic mass is 10.3. The van der Waals surface area contributed by atoms with Crippen molar-refractivity contribution in [1.82, 2.24) is 14.8 Å². The molecule has 0 aliphatic heterocycles. The molecule has 0 unspecified atom stereocenters. The van der Waals surface area contributed by atoms with Crippen LogP contribution in [-0.4, -0.2) is 40.5 Å². The van der Waals surface area contributed by atoms with Gasteiger partial charge in [-0.3, -0.25) is 0 Å². The Labute approximate surface area is 152 Å². The first-order chi connectivity index (χ1) is 11.7. The molecule has 2 aromatic rings. The summed E-state index contributed by atoms with van der Waals surface area (Å²) in [7, 11) is -1.16. The Hall–Kier alpha value is -1.86. The quantitative estimate of drug-likeness (QED) is 0.574. The number of hydrogen-bond acceptors (Lipinski definition) is 4. The molecule has 1 aliphatic rings. The van der Waals surface area contributed by atoms with Crippen molar-refractivity contribution in [2.45, 2.75) is 43.9 Å². The number of ether oxygens (including phenoxy) is 1. The predicted octanol–water partition coefficient (Wildman–Crippen LogP) is 4.26. The second-order valence-corrected chi connectivity index (χ2v) is 13.5. The average Bonchev–Trinajstić information content (AvgIpc) is 3.17. The van der Waals surface area contributed by atoms with E-state index in [0.717, 1.165) is 6.42 Å². The Balaban J connectivity index is 1.63. The molecule has 2 aromatic heterocycles. The summed E-state index contributed by atoms with van der Waals surface area (Å²) in [5, 5.41) is 13.8. The summed E-state index contributed by atoms with van der Waals surface area (Å²) in [6, 6.07) is 4.76. The molecule has 1 fully saturated rings. The number of nitrogens with zero attached hydrogens (tertiary/aromatic N) is 3. The van der Waals surface area contributed by atoms with Crippen LogP contribution in [0.25, 0.3) is 5.82 Å². The van der Waals surface area contributed by atoms with Crippen LogP contribution in [0.2, 0.25) is 29.8 Å². The van der Waals surface area contributed by atoms with Crippen LogP contribution in [-0.2, 0) is 0 Å². The monoisotopic (exact) mass is 379 g/mol. The van der Waals surface area contributed by atoms with Gasteiger partial charge in [-0.1, -0.05) is 31.2 Å². The standard InChI is InChI=1S/C17H22ClN3O3Si/c1-25(2,3)17(7-8-17)9-11-24-14-6-10-21(20-14)13-5-4-12(16(22)23)15(18)19-13/h4-6,10H,7-9,11H2,1-3H3,(H,22,23). The van der Waals surface area contributed by atoms with Gasteiger partial charge in [0.2, 0.25) is 5.88 Å². The third kappa shape index (κ3) is 3.72. The second kappa shape index (κ2) is 6.46. The van der Waals surface area contributed by atoms with Crippen LogP contribution in [0, 0.1) is 0 Å². The van der Waals surface area contributed by atoms with Gasteiger partial charge in [-0.2, -0.15) is 0 Å². The Morgan fingerprint density at radius 1 is 1.36 bits per heavy atom. The maximum absolute atomic E-state index is 11.0. The van der Waals surface area contributed by atoms with E-state index in [-0.39, 0.29) is 10.7 Å². The fourth-order valence-electron chi connectivity index (χ4n) is 3.10. The van der Waals surface area contributed by atoms with Gasteiger partial charge < -0.3 is 9.84 Å². The van der Waals surface area contributed by atoms with E-state index in [4.69, 9.17) is 21.4 Å². The minimum Gasteiger partial charge on any atom is -0.478 e. The van der Waals surface area contributed by atoms with Crippen LogP contribution >= 0.6 is 11.6 Å². The molecule has 1 aliphatic carbocycles. The molecular formula is C17H22ClN3O3Si. The van der Waals surface area contributed by atoms with E-state index >= 15 is 0 Å². The van der Waals surface area contributed by atoms with Crippen molar-refractivity contribution in [3.05, 3.63) is 35.1 Å². The minimum atomic E-state index is -1.16. The lowest BCUT2D eigenvalue weighted by Gasteiger charge is -2.28. The minimum absolute atomic E-state index is 0.0323.